The molecule has 0 aliphatic rings. The van der Waals surface area contributed by atoms with Gasteiger partial charge in [0.15, 0.2) is 5.78 Å². The van der Waals surface area contributed by atoms with E-state index < -0.39 is 5.82 Å². The third-order valence-electron chi connectivity index (χ3n) is 2.21. The molecule has 1 aromatic carbocycles. The van der Waals surface area contributed by atoms with E-state index in [9.17, 15) is 9.18 Å². The van der Waals surface area contributed by atoms with Crippen LogP contribution in [-0.2, 0) is 6.42 Å². The van der Waals surface area contributed by atoms with Gasteiger partial charge in [-0.15, -0.1) is 0 Å². The molecule has 0 aliphatic carbocycles. The van der Waals surface area contributed by atoms with Crippen LogP contribution < -0.4 is 0 Å². The zero-order chi connectivity index (χ0) is 11.4. The van der Waals surface area contributed by atoms with Gasteiger partial charge in [-0.3, -0.25) is 9.78 Å². The fourth-order valence-electron chi connectivity index (χ4n) is 1.43. The highest BCUT2D eigenvalue weighted by Gasteiger charge is 2.07. The summed E-state index contributed by atoms with van der Waals surface area (Å²) >= 11 is 0. The topological polar surface area (TPSA) is 30.0 Å². The molecule has 0 N–H and O–H groups in total. The van der Waals surface area contributed by atoms with Crippen molar-refractivity contribution in [1.82, 2.24) is 4.98 Å². The van der Waals surface area contributed by atoms with Gasteiger partial charge in [0, 0.05) is 17.5 Å². The second-order valence-electron chi connectivity index (χ2n) is 3.43. The van der Waals surface area contributed by atoms with Crippen LogP contribution in [0.25, 0.3) is 0 Å². The number of rotatable bonds is 3. The van der Waals surface area contributed by atoms with Crippen LogP contribution in [0.2, 0.25) is 0 Å². The van der Waals surface area contributed by atoms with Crippen LogP contribution in [0.3, 0.4) is 0 Å². The summed E-state index contributed by atoms with van der Waals surface area (Å²) in [6.07, 6.45) is 1.83. The predicted molar refractivity (Wildman–Crippen MR) is 58.7 cm³/mol. The van der Waals surface area contributed by atoms with Gasteiger partial charge < -0.3 is 0 Å². The lowest BCUT2D eigenvalue weighted by atomic mass is 10.1. The van der Waals surface area contributed by atoms with Crippen LogP contribution in [0.15, 0.2) is 48.7 Å². The summed E-state index contributed by atoms with van der Waals surface area (Å²) < 4.78 is 12.9. The lowest BCUT2D eigenvalue weighted by molar-refractivity contribution is 0.0991. The first-order valence-corrected chi connectivity index (χ1v) is 4.94. The van der Waals surface area contributed by atoms with Crippen LogP contribution >= 0.6 is 0 Å². The van der Waals surface area contributed by atoms with Gasteiger partial charge in [0.2, 0.25) is 0 Å². The summed E-state index contributed by atoms with van der Waals surface area (Å²) in [5, 5.41) is 0. The average Bonchev–Trinajstić information content (AvgIpc) is 2.30. The van der Waals surface area contributed by atoms with Crippen LogP contribution in [-0.4, -0.2) is 10.8 Å². The van der Waals surface area contributed by atoms with E-state index in [2.05, 4.69) is 4.98 Å². The third-order valence-corrected chi connectivity index (χ3v) is 2.21. The fourth-order valence-corrected chi connectivity index (χ4v) is 1.43. The van der Waals surface area contributed by atoms with E-state index in [-0.39, 0.29) is 12.2 Å². The minimum absolute atomic E-state index is 0.127. The van der Waals surface area contributed by atoms with Crippen molar-refractivity contribution >= 4 is 5.78 Å². The maximum Gasteiger partial charge on any atom is 0.168 e. The molecule has 0 radical (unpaired) electrons. The zero-order valence-electron chi connectivity index (χ0n) is 8.56. The van der Waals surface area contributed by atoms with Gasteiger partial charge in [-0.05, 0) is 24.3 Å². The Morgan fingerprint density at radius 2 is 2.06 bits per heavy atom. The minimum Gasteiger partial charge on any atom is -0.294 e. The Morgan fingerprint density at radius 1 is 1.19 bits per heavy atom. The highest BCUT2D eigenvalue weighted by Crippen LogP contribution is 2.07. The standard InChI is InChI=1S/C13H10FNO/c14-11-5-3-4-10(8-11)13(16)9-12-6-1-2-7-15-12/h1-8H,9H2. The van der Waals surface area contributed by atoms with Crippen molar-refractivity contribution in [3.05, 3.63) is 65.7 Å². The van der Waals surface area contributed by atoms with Gasteiger partial charge in [-0.2, -0.15) is 0 Å². The molecule has 0 unspecified atom stereocenters. The highest BCUT2D eigenvalue weighted by molar-refractivity contribution is 5.97. The number of hydrogen-bond acceptors (Lipinski definition) is 2. The van der Waals surface area contributed by atoms with Gasteiger partial charge in [-0.25, -0.2) is 4.39 Å². The highest BCUT2D eigenvalue weighted by atomic mass is 19.1. The normalized spacial score (nSPS) is 10.1. The molecule has 2 nitrogen and oxygen atoms in total. The first-order chi connectivity index (χ1) is 7.75. The molecular weight excluding hydrogens is 205 g/mol. The SMILES string of the molecule is O=C(Cc1ccccn1)c1cccc(F)c1. The number of ketones is 1. The number of halogens is 1. The minimum atomic E-state index is -0.396. The van der Waals surface area contributed by atoms with E-state index in [0.717, 1.165) is 0 Å². The smallest absolute Gasteiger partial charge is 0.168 e. The molecule has 1 aromatic heterocycles. The molecule has 0 fully saturated rings. The first-order valence-electron chi connectivity index (χ1n) is 4.94. The molecule has 80 valence electrons. The van der Waals surface area contributed by atoms with Crippen molar-refractivity contribution in [3.8, 4) is 0 Å². The second kappa shape index (κ2) is 4.66. The van der Waals surface area contributed by atoms with Crippen LogP contribution in [0.1, 0.15) is 16.1 Å². The van der Waals surface area contributed by atoms with Crippen molar-refractivity contribution in [2.75, 3.05) is 0 Å². The Hall–Kier alpha value is -2.03. The molecule has 0 bridgehead atoms. The number of hydrogen-bond donors (Lipinski definition) is 0. The molecule has 3 heteroatoms. The van der Waals surface area contributed by atoms with E-state index in [1.165, 1.54) is 18.2 Å². The summed E-state index contributed by atoms with van der Waals surface area (Å²) in [6.45, 7) is 0. The molecule has 1 heterocycles. The molecule has 16 heavy (non-hydrogen) atoms. The number of nitrogens with zero attached hydrogens (tertiary/aromatic N) is 1. The van der Waals surface area contributed by atoms with E-state index in [1.807, 2.05) is 6.07 Å². The molecule has 0 saturated carbocycles. The first kappa shape index (κ1) is 10.5. The second-order valence-corrected chi connectivity index (χ2v) is 3.43. The van der Waals surface area contributed by atoms with Crippen molar-refractivity contribution in [3.63, 3.8) is 0 Å². The summed E-state index contributed by atoms with van der Waals surface area (Å²) in [5.41, 5.74) is 1.07. The third kappa shape index (κ3) is 2.51. The molecule has 2 rings (SSSR count). The van der Waals surface area contributed by atoms with Crippen molar-refractivity contribution in [1.29, 1.82) is 0 Å². The summed E-state index contributed by atoms with van der Waals surface area (Å²) in [5.74, 6) is -0.523. The summed E-state index contributed by atoms with van der Waals surface area (Å²) in [7, 11) is 0. The largest absolute Gasteiger partial charge is 0.294 e. The molecule has 0 amide bonds. The van der Waals surface area contributed by atoms with Gasteiger partial charge in [0.05, 0.1) is 6.42 Å². The fraction of sp³-hybridized carbons (Fsp3) is 0.0769. The van der Waals surface area contributed by atoms with Crippen LogP contribution in [0, 0.1) is 5.82 Å². The van der Waals surface area contributed by atoms with Crippen molar-refractivity contribution in [2.24, 2.45) is 0 Å². The summed E-state index contributed by atoms with van der Waals surface area (Å²) in [6, 6.07) is 11.1. The lowest BCUT2D eigenvalue weighted by Gasteiger charge is -2.00. The maximum atomic E-state index is 12.9. The van der Waals surface area contributed by atoms with Crippen molar-refractivity contribution in [2.45, 2.75) is 6.42 Å². The molecule has 2 aromatic rings. The zero-order valence-corrected chi connectivity index (χ0v) is 8.56. The molecule has 0 spiro atoms. The number of pyridine rings is 1. The molecule has 0 aliphatic heterocycles. The average molecular weight is 215 g/mol. The molecule has 0 saturated heterocycles. The van der Waals surface area contributed by atoms with Crippen molar-refractivity contribution < 1.29 is 9.18 Å². The maximum absolute atomic E-state index is 12.9. The van der Waals surface area contributed by atoms with E-state index in [4.69, 9.17) is 0 Å². The number of aromatic nitrogens is 1. The Balaban J connectivity index is 2.15. The number of carbonyl (C=O) groups is 1. The molecular formula is C13H10FNO. The van der Waals surface area contributed by atoms with Gasteiger partial charge >= 0.3 is 0 Å². The number of carbonyl (C=O) groups excluding carboxylic acids is 1. The Labute approximate surface area is 92.8 Å². The number of benzene rings is 1. The number of Topliss-reactive ketones (excluding diaryl/α,β-unsaturated/α-hetero) is 1. The van der Waals surface area contributed by atoms with Gasteiger partial charge in [0.1, 0.15) is 5.82 Å². The molecule has 0 atom stereocenters. The van der Waals surface area contributed by atoms with E-state index in [0.29, 0.717) is 11.3 Å². The summed E-state index contributed by atoms with van der Waals surface area (Å²) in [4.78, 5) is 15.8. The quantitative estimate of drug-likeness (QED) is 0.737. The predicted octanol–water partition coefficient (Wildman–Crippen LogP) is 2.65. The Kier molecular flexibility index (Phi) is 3.05. The van der Waals surface area contributed by atoms with E-state index in [1.54, 1.807) is 24.4 Å². The monoisotopic (exact) mass is 215 g/mol. The van der Waals surface area contributed by atoms with Crippen LogP contribution in [0.5, 0.6) is 0 Å². The lowest BCUT2D eigenvalue weighted by Crippen LogP contribution is -2.05. The van der Waals surface area contributed by atoms with Crippen LogP contribution in [0.4, 0.5) is 4.39 Å². The van der Waals surface area contributed by atoms with Gasteiger partial charge in [0.25, 0.3) is 0 Å². The Morgan fingerprint density at radius 3 is 2.75 bits per heavy atom. The Bertz CT molecular complexity index is 496. The van der Waals surface area contributed by atoms with Gasteiger partial charge in [-0.1, -0.05) is 18.2 Å². The van der Waals surface area contributed by atoms with E-state index >= 15 is 0 Å².